The molecule has 3 heteroatoms. The van der Waals surface area contributed by atoms with E-state index in [9.17, 15) is 0 Å². The molecule has 1 aromatic heterocycles. The molecule has 0 radical (unpaired) electrons. The Balaban J connectivity index is 1.76. The van der Waals surface area contributed by atoms with Gasteiger partial charge in [-0.25, -0.2) is 0 Å². The molecule has 102 valence electrons. The van der Waals surface area contributed by atoms with Crippen LogP contribution in [0.1, 0.15) is 64.1 Å². The predicted octanol–water partition coefficient (Wildman–Crippen LogP) is 4.74. The molecule has 1 aliphatic carbocycles. The Bertz CT molecular complexity index is 353. The zero-order valence-electron chi connectivity index (χ0n) is 11.6. The molecule has 0 N–H and O–H groups in total. The van der Waals surface area contributed by atoms with E-state index in [0.717, 1.165) is 12.3 Å². The van der Waals surface area contributed by atoms with Gasteiger partial charge >= 0.3 is 0 Å². The standard InChI is InChI=1S/C15H25BrN2/c1-12(2)15(16)9-5-6-13-10-11-18(17-13)14-7-3-4-8-14/h10-12,14-15H,3-9H2,1-2H3. The second-order valence-electron chi connectivity index (χ2n) is 5.88. The molecule has 18 heavy (non-hydrogen) atoms. The maximum Gasteiger partial charge on any atom is 0.0624 e. The fraction of sp³-hybridized carbons (Fsp3) is 0.800. The molecular weight excluding hydrogens is 288 g/mol. The normalized spacial score (nSPS) is 18.7. The summed E-state index contributed by atoms with van der Waals surface area (Å²) in [4.78, 5) is 0.648. The summed E-state index contributed by atoms with van der Waals surface area (Å²) in [5.41, 5.74) is 1.27. The molecule has 2 nitrogen and oxygen atoms in total. The summed E-state index contributed by atoms with van der Waals surface area (Å²) in [6.45, 7) is 4.54. The number of aryl methyl sites for hydroxylation is 1. The minimum atomic E-state index is 0.648. The summed E-state index contributed by atoms with van der Waals surface area (Å²) in [5.74, 6) is 0.723. The Morgan fingerprint density at radius 1 is 1.39 bits per heavy atom. The quantitative estimate of drug-likeness (QED) is 0.694. The number of rotatable bonds is 6. The molecule has 1 unspecified atom stereocenters. The van der Waals surface area contributed by atoms with Gasteiger partial charge in [0.2, 0.25) is 0 Å². The number of hydrogen-bond donors (Lipinski definition) is 0. The molecule has 1 heterocycles. The molecule has 0 saturated heterocycles. The highest BCUT2D eigenvalue weighted by atomic mass is 79.9. The topological polar surface area (TPSA) is 17.8 Å². The Morgan fingerprint density at radius 3 is 2.78 bits per heavy atom. The van der Waals surface area contributed by atoms with E-state index >= 15 is 0 Å². The first kappa shape index (κ1) is 14.1. The van der Waals surface area contributed by atoms with Crippen molar-refractivity contribution < 1.29 is 0 Å². The molecule has 1 aliphatic rings. The Kier molecular flexibility index (Phi) is 5.28. The predicted molar refractivity (Wildman–Crippen MR) is 80.2 cm³/mol. The van der Waals surface area contributed by atoms with Crippen molar-refractivity contribution in [2.45, 2.75) is 69.7 Å². The average molecular weight is 313 g/mol. The van der Waals surface area contributed by atoms with Crippen LogP contribution in [0.4, 0.5) is 0 Å². The van der Waals surface area contributed by atoms with Gasteiger partial charge in [-0.05, 0) is 44.1 Å². The lowest BCUT2D eigenvalue weighted by Gasteiger charge is -2.12. The van der Waals surface area contributed by atoms with Crippen LogP contribution < -0.4 is 0 Å². The number of nitrogens with zero attached hydrogens (tertiary/aromatic N) is 2. The van der Waals surface area contributed by atoms with Crippen molar-refractivity contribution in [3.8, 4) is 0 Å². The first-order valence-corrected chi connectivity index (χ1v) is 8.26. The summed E-state index contributed by atoms with van der Waals surface area (Å²) < 4.78 is 2.20. The van der Waals surface area contributed by atoms with Gasteiger partial charge in [-0.1, -0.05) is 42.6 Å². The van der Waals surface area contributed by atoms with Crippen molar-refractivity contribution in [3.63, 3.8) is 0 Å². The highest BCUT2D eigenvalue weighted by molar-refractivity contribution is 9.09. The van der Waals surface area contributed by atoms with Crippen molar-refractivity contribution in [2.24, 2.45) is 5.92 Å². The van der Waals surface area contributed by atoms with Gasteiger partial charge in [0.1, 0.15) is 0 Å². The fourth-order valence-corrected chi connectivity index (χ4v) is 3.02. The molecule has 0 aromatic carbocycles. The van der Waals surface area contributed by atoms with E-state index in [-0.39, 0.29) is 0 Å². The third-order valence-corrected chi connectivity index (χ3v) is 5.51. The van der Waals surface area contributed by atoms with Crippen LogP contribution in [0, 0.1) is 5.92 Å². The molecule has 0 aliphatic heterocycles. The van der Waals surface area contributed by atoms with E-state index in [1.54, 1.807) is 0 Å². The van der Waals surface area contributed by atoms with E-state index in [1.165, 1.54) is 44.2 Å². The molecule has 0 spiro atoms. The third kappa shape index (κ3) is 3.84. The number of hydrogen-bond acceptors (Lipinski definition) is 1. The first-order chi connectivity index (χ1) is 8.66. The first-order valence-electron chi connectivity index (χ1n) is 7.35. The lowest BCUT2D eigenvalue weighted by molar-refractivity contribution is 0.461. The lowest BCUT2D eigenvalue weighted by Crippen LogP contribution is -2.08. The van der Waals surface area contributed by atoms with Crippen LogP contribution in [0.15, 0.2) is 12.3 Å². The smallest absolute Gasteiger partial charge is 0.0624 e. The maximum atomic E-state index is 4.74. The highest BCUT2D eigenvalue weighted by Crippen LogP contribution is 2.28. The van der Waals surface area contributed by atoms with Gasteiger partial charge in [0, 0.05) is 11.0 Å². The van der Waals surface area contributed by atoms with Crippen LogP contribution in [0.2, 0.25) is 0 Å². The molecule has 0 bridgehead atoms. The Morgan fingerprint density at radius 2 is 2.11 bits per heavy atom. The minimum Gasteiger partial charge on any atom is -0.269 e. The van der Waals surface area contributed by atoms with Gasteiger partial charge < -0.3 is 0 Å². The van der Waals surface area contributed by atoms with Crippen molar-refractivity contribution in [2.75, 3.05) is 0 Å². The average Bonchev–Trinajstić information content (AvgIpc) is 2.98. The van der Waals surface area contributed by atoms with E-state index < -0.39 is 0 Å². The summed E-state index contributed by atoms with van der Waals surface area (Å²) in [6, 6.07) is 2.88. The van der Waals surface area contributed by atoms with Crippen molar-refractivity contribution in [1.29, 1.82) is 0 Å². The van der Waals surface area contributed by atoms with Crippen LogP contribution in [-0.4, -0.2) is 14.6 Å². The van der Waals surface area contributed by atoms with Crippen molar-refractivity contribution >= 4 is 15.9 Å². The number of aromatic nitrogens is 2. The third-order valence-electron chi connectivity index (χ3n) is 4.00. The van der Waals surface area contributed by atoms with E-state index in [0.29, 0.717) is 10.9 Å². The van der Waals surface area contributed by atoms with Crippen LogP contribution in [-0.2, 0) is 6.42 Å². The fourth-order valence-electron chi connectivity index (χ4n) is 2.69. The van der Waals surface area contributed by atoms with Gasteiger partial charge in [-0.15, -0.1) is 0 Å². The summed E-state index contributed by atoms with van der Waals surface area (Å²) in [6.07, 6.45) is 11.2. The van der Waals surface area contributed by atoms with Gasteiger partial charge in [-0.2, -0.15) is 5.10 Å². The zero-order chi connectivity index (χ0) is 13.0. The highest BCUT2D eigenvalue weighted by Gasteiger charge is 2.17. The van der Waals surface area contributed by atoms with Gasteiger partial charge in [0.25, 0.3) is 0 Å². The molecule has 1 aromatic rings. The summed E-state index contributed by atoms with van der Waals surface area (Å²) >= 11 is 3.75. The van der Waals surface area contributed by atoms with Gasteiger partial charge in [0.05, 0.1) is 11.7 Å². The molecular formula is C15H25BrN2. The summed E-state index contributed by atoms with van der Waals surface area (Å²) in [7, 11) is 0. The molecule has 1 fully saturated rings. The minimum absolute atomic E-state index is 0.648. The summed E-state index contributed by atoms with van der Waals surface area (Å²) in [5, 5.41) is 4.74. The SMILES string of the molecule is CC(C)C(Br)CCCc1ccn(C2CCCC2)n1. The van der Waals surface area contributed by atoms with E-state index in [4.69, 9.17) is 5.10 Å². The number of alkyl halides is 1. The van der Waals surface area contributed by atoms with Crippen LogP contribution >= 0.6 is 15.9 Å². The monoisotopic (exact) mass is 312 g/mol. The van der Waals surface area contributed by atoms with Crippen molar-refractivity contribution in [1.82, 2.24) is 9.78 Å². The largest absolute Gasteiger partial charge is 0.269 e. The molecule has 0 amide bonds. The Labute approximate surface area is 119 Å². The lowest BCUT2D eigenvalue weighted by atomic mass is 10.0. The van der Waals surface area contributed by atoms with Crippen molar-refractivity contribution in [3.05, 3.63) is 18.0 Å². The van der Waals surface area contributed by atoms with E-state index in [1.807, 2.05) is 0 Å². The number of halogens is 1. The Hall–Kier alpha value is -0.310. The maximum absolute atomic E-state index is 4.74. The molecule has 2 rings (SSSR count). The van der Waals surface area contributed by atoms with Crippen LogP contribution in [0.5, 0.6) is 0 Å². The molecule has 1 saturated carbocycles. The van der Waals surface area contributed by atoms with Crippen LogP contribution in [0.25, 0.3) is 0 Å². The zero-order valence-corrected chi connectivity index (χ0v) is 13.2. The molecule has 1 atom stereocenters. The second-order valence-corrected chi connectivity index (χ2v) is 7.05. The van der Waals surface area contributed by atoms with Gasteiger partial charge in [-0.3, -0.25) is 4.68 Å². The second kappa shape index (κ2) is 6.74. The van der Waals surface area contributed by atoms with Crippen LogP contribution in [0.3, 0.4) is 0 Å². The van der Waals surface area contributed by atoms with Gasteiger partial charge in [0.15, 0.2) is 0 Å². The van der Waals surface area contributed by atoms with E-state index in [2.05, 4.69) is 46.7 Å².